The molecule has 0 spiro atoms. The normalized spacial score (nSPS) is 19.9. The first-order valence-electron chi connectivity index (χ1n) is 7.46. The number of hydrogen-bond acceptors (Lipinski definition) is 3. The smallest absolute Gasteiger partial charge is 0.320 e. The third-order valence-electron chi connectivity index (χ3n) is 4.32. The summed E-state index contributed by atoms with van der Waals surface area (Å²) in [5.41, 5.74) is 2.07. The summed E-state index contributed by atoms with van der Waals surface area (Å²) in [6.07, 6.45) is 1.55. The Morgan fingerprint density at radius 2 is 2.17 bits per heavy atom. The van der Waals surface area contributed by atoms with E-state index in [0.29, 0.717) is 16.5 Å². The van der Waals surface area contributed by atoms with Gasteiger partial charge in [-0.15, -0.1) is 11.3 Å². The summed E-state index contributed by atoms with van der Waals surface area (Å²) in [7, 11) is 0. The van der Waals surface area contributed by atoms with Crippen LogP contribution in [0.15, 0.2) is 29.6 Å². The number of carboxylic acid groups (broad SMARTS) is 1. The molecule has 2 atom stereocenters. The molecular weight excluding hydrogens is 353 g/mol. The lowest BCUT2D eigenvalue weighted by molar-refractivity contribution is -0.142. The van der Waals surface area contributed by atoms with Crippen molar-refractivity contribution in [2.45, 2.75) is 31.8 Å². The largest absolute Gasteiger partial charge is 0.480 e. The molecule has 0 aliphatic carbocycles. The Hall–Kier alpha value is -1.07. The molecule has 1 saturated heterocycles. The van der Waals surface area contributed by atoms with E-state index in [1.165, 1.54) is 0 Å². The van der Waals surface area contributed by atoms with Gasteiger partial charge in [-0.25, -0.2) is 0 Å². The summed E-state index contributed by atoms with van der Waals surface area (Å²) in [6.45, 7) is 2.80. The number of carbonyl (C=O) groups is 1. The van der Waals surface area contributed by atoms with Gasteiger partial charge in [0, 0.05) is 21.5 Å². The van der Waals surface area contributed by atoms with Crippen LogP contribution in [0.3, 0.4) is 0 Å². The summed E-state index contributed by atoms with van der Waals surface area (Å²) in [5.74, 6) is -0.771. The third-order valence-corrected chi connectivity index (χ3v) is 5.95. The second-order valence-electron chi connectivity index (χ2n) is 5.77. The summed E-state index contributed by atoms with van der Waals surface area (Å²) in [5, 5.41) is 12.8. The number of halogens is 2. The highest BCUT2D eigenvalue weighted by Gasteiger charge is 2.38. The molecule has 1 aromatic heterocycles. The first-order chi connectivity index (χ1) is 11.0. The van der Waals surface area contributed by atoms with E-state index in [0.717, 1.165) is 29.0 Å². The molecule has 2 unspecified atom stereocenters. The number of aliphatic carboxylic acids is 1. The average molecular weight is 370 g/mol. The van der Waals surface area contributed by atoms with Crippen molar-refractivity contribution < 1.29 is 9.90 Å². The molecule has 0 bridgehead atoms. The van der Waals surface area contributed by atoms with E-state index in [-0.39, 0.29) is 6.04 Å². The van der Waals surface area contributed by atoms with Gasteiger partial charge in [0.2, 0.25) is 0 Å². The van der Waals surface area contributed by atoms with E-state index < -0.39 is 12.0 Å². The van der Waals surface area contributed by atoms with Crippen LogP contribution in [0.4, 0.5) is 0 Å². The van der Waals surface area contributed by atoms with E-state index in [4.69, 9.17) is 23.2 Å². The molecular formula is C17H17Cl2NO2S. The predicted octanol–water partition coefficient (Wildman–Crippen LogP) is 5.00. The predicted molar refractivity (Wildman–Crippen MR) is 94.7 cm³/mol. The van der Waals surface area contributed by atoms with Crippen LogP contribution in [0, 0.1) is 6.92 Å². The van der Waals surface area contributed by atoms with Gasteiger partial charge >= 0.3 is 5.97 Å². The Balaban J connectivity index is 2.11. The summed E-state index contributed by atoms with van der Waals surface area (Å²) in [6, 6.07) is 6.87. The van der Waals surface area contributed by atoms with Gasteiger partial charge in [-0.1, -0.05) is 29.3 Å². The lowest BCUT2D eigenvalue weighted by atomic mass is 10.00. The van der Waals surface area contributed by atoms with Gasteiger partial charge < -0.3 is 5.11 Å². The monoisotopic (exact) mass is 369 g/mol. The van der Waals surface area contributed by atoms with Crippen LogP contribution in [0.5, 0.6) is 0 Å². The highest BCUT2D eigenvalue weighted by atomic mass is 35.5. The molecule has 1 fully saturated rings. The van der Waals surface area contributed by atoms with Crippen LogP contribution in [0.25, 0.3) is 0 Å². The Kier molecular flexibility index (Phi) is 4.97. The molecule has 23 heavy (non-hydrogen) atoms. The van der Waals surface area contributed by atoms with Gasteiger partial charge in [0.15, 0.2) is 0 Å². The first-order valence-corrected chi connectivity index (χ1v) is 9.10. The fourth-order valence-electron chi connectivity index (χ4n) is 3.22. The van der Waals surface area contributed by atoms with Crippen molar-refractivity contribution in [3.63, 3.8) is 0 Å². The molecule has 122 valence electrons. The Labute approximate surface area is 149 Å². The lowest BCUT2D eigenvalue weighted by Crippen LogP contribution is -2.39. The van der Waals surface area contributed by atoms with Crippen molar-refractivity contribution in [2.75, 3.05) is 6.54 Å². The van der Waals surface area contributed by atoms with Gasteiger partial charge in [0.25, 0.3) is 0 Å². The topological polar surface area (TPSA) is 40.5 Å². The minimum Gasteiger partial charge on any atom is -0.480 e. The van der Waals surface area contributed by atoms with Crippen molar-refractivity contribution in [3.8, 4) is 0 Å². The van der Waals surface area contributed by atoms with Crippen LogP contribution >= 0.6 is 34.5 Å². The van der Waals surface area contributed by atoms with E-state index >= 15 is 0 Å². The van der Waals surface area contributed by atoms with Gasteiger partial charge in [-0.2, -0.15) is 0 Å². The van der Waals surface area contributed by atoms with Crippen LogP contribution in [-0.2, 0) is 4.79 Å². The minimum absolute atomic E-state index is 0.150. The van der Waals surface area contributed by atoms with Crippen LogP contribution < -0.4 is 0 Å². The maximum atomic E-state index is 11.6. The number of carboxylic acids is 1. The summed E-state index contributed by atoms with van der Waals surface area (Å²) in [4.78, 5) is 14.8. The molecule has 0 amide bonds. The summed E-state index contributed by atoms with van der Waals surface area (Å²) < 4.78 is 0. The zero-order valence-electron chi connectivity index (χ0n) is 12.6. The molecule has 6 heteroatoms. The highest BCUT2D eigenvalue weighted by molar-refractivity contribution is 7.10. The Morgan fingerprint density at radius 3 is 2.78 bits per heavy atom. The number of benzene rings is 1. The zero-order valence-corrected chi connectivity index (χ0v) is 15.0. The van der Waals surface area contributed by atoms with Crippen molar-refractivity contribution >= 4 is 40.5 Å². The maximum absolute atomic E-state index is 11.6. The Morgan fingerprint density at radius 1 is 1.39 bits per heavy atom. The van der Waals surface area contributed by atoms with E-state index in [1.807, 2.05) is 17.5 Å². The van der Waals surface area contributed by atoms with Crippen LogP contribution in [-0.4, -0.2) is 28.6 Å². The SMILES string of the molecule is Cc1ccsc1C(c1ccc(Cl)cc1Cl)N1CCCC1C(=O)O. The van der Waals surface area contributed by atoms with Crippen molar-refractivity contribution in [1.29, 1.82) is 0 Å². The fourth-order valence-corrected chi connectivity index (χ4v) is 4.80. The molecule has 0 radical (unpaired) electrons. The minimum atomic E-state index is -0.771. The molecule has 2 heterocycles. The van der Waals surface area contributed by atoms with Crippen LogP contribution in [0.1, 0.15) is 34.9 Å². The van der Waals surface area contributed by atoms with E-state index in [1.54, 1.807) is 17.4 Å². The van der Waals surface area contributed by atoms with Crippen molar-refractivity contribution in [2.24, 2.45) is 0 Å². The van der Waals surface area contributed by atoms with Gasteiger partial charge in [0.05, 0.1) is 6.04 Å². The quantitative estimate of drug-likeness (QED) is 0.823. The Bertz CT molecular complexity index is 731. The molecule has 3 rings (SSSR count). The number of thiophene rings is 1. The number of aryl methyl sites for hydroxylation is 1. The molecule has 3 nitrogen and oxygen atoms in total. The molecule has 1 N–H and O–H groups in total. The second-order valence-corrected chi connectivity index (χ2v) is 7.56. The average Bonchev–Trinajstić information content (AvgIpc) is 3.11. The second kappa shape index (κ2) is 6.81. The molecule has 0 saturated carbocycles. The van der Waals surface area contributed by atoms with E-state index in [2.05, 4.69) is 17.9 Å². The van der Waals surface area contributed by atoms with Gasteiger partial charge in [-0.05, 0) is 54.5 Å². The third kappa shape index (κ3) is 3.26. The molecule has 1 aliphatic heterocycles. The van der Waals surface area contributed by atoms with Crippen LogP contribution in [0.2, 0.25) is 10.0 Å². The molecule has 2 aromatic rings. The number of likely N-dealkylation sites (tertiary alicyclic amines) is 1. The molecule has 1 aliphatic rings. The zero-order chi connectivity index (χ0) is 16.6. The highest BCUT2D eigenvalue weighted by Crippen LogP contribution is 2.41. The van der Waals surface area contributed by atoms with Crippen molar-refractivity contribution in [3.05, 3.63) is 55.7 Å². The number of rotatable bonds is 4. The maximum Gasteiger partial charge on any atom is 0.320 e. The number of hydrogen-bond donors (Lipinski definition) is 1. The lowest BCUT2D eigenvalue weighted by Gasteiger charge is -2.32. The molecule has 1 aromatic carbocycles. The fraction of sp³-hybridized carbons (Fsp3) is 0.353. The standard InChI is InChI=1S/C17H17Cl2NO2S/c1-10-6-8-23-16(10)15(12-5-4-11(18)9-13(12)19)20-7-2-3-14(20)17(21)22/h4-6,8-9,14-15H,2-3,7H2,1H3,(H,21,22). The van der Waals surface area contributed by atoms with Gasteiger partial charge in [-0.3, -0.25) is 9.69 Å². The summed E-state index contributed by atoms with van der Waals surface area (Å²) >= 11 is 14.1. The van der Waals surface area contributed by atoms with Gasteiger partial charge in [0.1, 0.15) is 6.04 Å². The first kappa shape index (κ1) is 16.8. The van der Waals surface area contributed by atoms with Crippen molar-refractivity contribution in [1.82, 2.24) is 4.90 Å². The van der Waals surface area contributed by atoms with E-state index in [9.17, 15) is 9.90 Å². The number of nitrogens with zero attached hydrogens (tertiary/aromatic N) is 1.